The molecule has 6 heteroatoms. The van der Waals surface area contributed by atoms with Crippen molar-refractivity contribution in [1.29, 1.82) is 0 Å². The summed E-state index contributed by atoms with van der Waals surface area (Å²) in [5.41, 5.74) is -1.22. The van der Waals surface area contributed by atoms with Crippen molar-refractivity contribution in [3.8, 4) is 0 Å². The number of barbiturate groups is 1. The largest absolute Gasteiger partial charge is 0.331 e. The lowest BCUT2D eigenvalue weighted by Crippen LogP contribution is -2.68. The summed E-state index contributed by atoms with van der Waals surface area (Å²) in [7, 11) is 0. The van der Waals surface area contributed by atoms with Gasteiger partial charge >= 0.3 is 6.03 Å². The number of carbonyl (C=O) groups excluding carboxylic acids is 3. The lowest BCUT2D eigenvalue weighted by molar-refractivity contribution is -0.155. The zero-order valence-electron chi connectivity index (χ0n) is 15.0. The summed E-state index contributed by atoms with van der Waals surface area (Å²) in [4.78, 5) is 42.2. The first-order valence-corrected chi connectivity index (χ1v) is 9.61. The zero-order chi connectivity index (χ0) is 17.9. The van der Waals surface area contributed by atoms with Gasteiger partial charge in [0.05, 0.1) is 0 Å². The minimum atomic E-state index is -1.22. The third-order valence-corrected chi connectivity index (χ3v) is 5.88. The van der Waals surface area contributed by atoms with Gasteiger partial charge in [-0.25, -0.2) is 4.79 Å². The summed E-state index contributed by atoms with van der Waals surface area (Å²) in [6, 6.07) is -0.625. The van der Waals surface area contributed by atoms with Crippen molar-refractivity contribution >= 4 is 17.8 Å². The summed E-state index contributed by atoms with van der Waals surface area (Å²) >= 11 is 0. The second kappa shape index (κ2) is 7.68. The average Bonchev–Trinajstić information content (AvgIpc) is 2.62. The van der Waals surface area contributed by atoms with Gasteiger partial charge in [-0.2, -0.15) is 0 Å². The number of rotatable bonds is 5. The second-order valence-electron chi connectivity index (χ2n) is 7.64. The van der Waals surface area contributed by atoms with Gasteiger partial charge in [-0.3, -0.25) is 19.8 Å². The first-order valence-electron chi connectivity index (χ1n) is 9.61. The number of imide groups is 2. The molecule has 138 valence electrons. The number of amides is 4. The number of nitrogens with zero attached hydrogens (tertiary/aromatic N) is 2. The fraction of sp³-hybridized carbons (Fsp3) is 0.737. The van der Waals surface area contributed by atoms with Gasteiger partial charge in [0, 0.05) is 12.6 Å². The molecule has 25 heavy (non-hydrogen) atoms. The van der Waals surface area contributed by atoms with Gasteiger partial charge in [-0.15, -0.1) is 6.58 Å². The Bertz CT molecular complexity index is 550. The number of carbonyl (C=O) groups is 3. The highest BCUT2D eigenvalue weighted by Crippen LogP contribution is 2.35. The Hall–Kier alpha value is -1.69. The monoisotopic (exact) mass is 347 g/mol. The Morgan fingerprint density at radius 3 is 2.32 bits per heavy atom. The van der Waals surface area contributed by atoms with E-state index < -0.39 is 17.4 Å². The minimum Gasteiger partial charge on any atom is -0.302 e. The van der Waals surface area contributed by atoms with Crippen LogP contribution in [-0.2, 0) is 9.59 Å². The minimum absolute atomic E-state index is 0.0834. The number of hydrogen-bond donors (Lipinski definition) is 1. The summed E-state index contributed by atoms with van der Waals surface area (Å²) < 4.78 is 0. The smallest absolute Gasteiger partial charge is 0.302 e. The number of piperidine rings is 1. The first-order chi connectivity index (χ1) is 12.1. The van der Waals surface area contributed by atoms with Crippen molar-refractivity contribution in [3.63, 3.8) is 0 Å². The van der Waals surface area contributed by atoms with E-state index in [0.29, 0.717) is 6.54 Å². The van der Waals surface area contributed by atoms with Crippen molar-refractivity contribution in [2.24, 2.45) is 5.41 Å². The standard InChI is InChI=1S/C19H29N3O3/c1-2-11-19(14-21-12-7-4-8-13-21)16(23)20-18(25)22(17(19)24)15-9-5-3-6-10-15/h2,15H,1,3-14H2,(H,20,23,25). The number of urea groups is 1. The number of hydrogen-bond acceptors (Lipinski definition) is 4. The molecule has 6 nitrogen and oxygen atoms in total. The lowest BCUT2D eigenvalue weighted by Gasteiger charge is -2.45. The molecule has 2 aliphatic heterocycles. The van der Waals surface area contributed by atoms with E-state index in [4.69, 9.17) is 0 Å². The Balaban J connectivity index is 1.87. The molecule has 2 heterocycles. The molecule has 0 aromatic carbocycles. The number of likely N-dealkylation sites (tertiary alicyclic amines) is 1. The maximum absolute atomic E-state index is 13.4. The van der Waals surface area contributed by atoms with E-state index in [9.17, 15) is 14.4 Å². The normalized spacial score (nSPS) is 29.6. The van der Waals surface area contributed by atoms with E-state index in [0.717, 1.165) is 58.0 Å². The predicted molar refractivity (Wildman–Crippen MR) is 94.8 cm³/mol. The van der Waals surface area contributed by atoms with Gasteiger partial charge in [-0.05, 0) is 45.2 Å². The van der Waals surface area contributed by atoms with Crippen LogP contribution < -0.4 is 5.32 Å². The van der Waals surface area contributed by atoms with Gasteiger partial charge in [0.25, 0.3) is 0 Å². The Morgan fingerprint density at radius 2 is 1.68 bits per heavy atom. The molecule has 0 spiro atoms. The average molecular weight is 347 g/mol. The molecule has 1 N–H and O–H groups in total. The van der Waals surface area contributed by atoms with Crippen LogP contribution in [0.25, 0.3) is 0 Å². The highest BCUT2D eigenvalue weighted by molar-refractivity contribution is 6.19. The summed E-state index contributed by atoms with van der Waals surface area (Å²) in [5.74, 6) is -0.779. The van der Waals surface area contributed by atoms with Crippen LogP contribution in [0.3, 0.4) is 0 Å². The third-order valence-electron chi connectivity index (χ3n) is 5.88. The molecule has 0 radical (unpaired) electrons. The predicted octanol–water partition coefficient (Wildman–Crippen LogP) is 2.45. The van der Waals surface area contributed by atoms with Crippen molar-refractivity contribution in [1.82, 2.24) is 15.1 Å². The van der Waals surface area contributed by atoms with Crippen molar-refractivity contribution in [2.75, 3.05) is 19.6 Å². The van der Waals surface area contributed by atoms with E-state index in [1.54, 1.807) is 6.08 Å². The van der Waals surface area contributed by atoms with Gasteiger partial charge in [-0.1, -0.05) is 31.8 Å². The SMILES string of the molecule is C=CCC1(CN2CCCCC2)C(=O)NC(=O)N(C2CCCCC2)C1=O. The molecule has 4 amide bonds. The molecule has 0 aromatic heterocycles. The maximum atomic E-state index is 13.4. The molecular weight excluding hydrogens is 318 g/mol. The summed E-state index contributed by atoms with van der Waals surface area (Å²) in [6.07, 6.45) is 10.1. The third kappa shape index (κ3) is 3.50. The maximum Gasteiger partial charge on any atom is 0.331 e. The molecule has 3 aliphatic rings. The fourth-order valence-corrected chi connectivity index (χ4v) is 4.50. The number of nitrogens with one attached hydrogen (secondary N) is 1. The van der Waals surface area contributed by atoms with Crippen LogP contribution in [0.15, 0.2) is 12.7 Å². The highest BCUT2D eigenvalue weighted by atomic mass is 16.2. The Morgan fingerprint density at radius 1 is 1.04 bits per heavy atom. The summed E-state index contributed by atoms with van der Waals surface area (Å²) in [5, 5.41) is 2.48. The Kier molecular flexibility index (Phi) is 5.57. The lowest BCUT2D eigenvalue weighted by atomic mass is 9.78. The molecule has 1 atom stereocenters. The molecule has 0 aromatic rings. The quantitative estimate of drug-likeness (QED) is 0.613. The van der Waals surface area contributed by atoms with Crippen LogP contribution in [0, 0.1) is 5.41 Å². The Labute approximate surface area is 149 Å². The molecule has 3 fully saturated rings. The van der Waals surface area contributed by atoms with Gasteiger partial charge in [0.1, 0.15) is 5.41 Å². The summed E-state index contributed by atoms with van der Waals surface area (Å²) in [6.45, 7) is 5.94. The zero-order valence-corrected chi connectivity index (χ0v) is 15.0. The molecule has 1 unspecified atom stereocenters. The van der Waals surface area contributed by atoms with Crippen LogP contribution in [0.1, 0.15) is 57.8 Å². The first kappa shape index (κ1) is 18.1. The fourth-order valence-electron chi connectivity index (χ4n) is 4.50. The van der Waals surface area contributed by atoms with Gasteiger partial charge < -0.3 is 4.90 Å². The van der Waals surface area contributed by atoms with Crippen LogP contribution >= 0.6 is 0 Å². The van der Waals surface area contributed by atoms with Crippen LogP contribution in [0.5, 0.6) is 0 Å². The highest BCUT2D eigenvalue weighted by Gasteiger charge is 2.55. The van der Waals surface area contributed by atoms with Gasteiger partial charge in [0.15, 0.2) is 0 Å². The molecular formula is C19H29N3O3. The van der Waals surface area contributed by atoms with E-state index in [1.165, 1.54) is 11.3 Å². The van der Waals surface area contributed by atoms with Crippen molar-refractivity contribution in [3.05, 3.63) is 12.7 Å². The van der Waals surface area contributed by atoms with E-state index >= 15 is 0 Å². The molecule has 1 saturated carbocycles. The molecule has 2 saturated heterocycles. The molecule has 0 bridgehead atoms. The van der Waals surface area contributed by atoms with Crippen molar-refractivity contribution < 1.29 is 14.4 Å². The van der Waals surface area contributed by atoms with Gasteiger partial charge in [0.2, 0.25) is 11.8 Å². The van der Waals surface area contributed by atoms with Crippen LogP contribution in [-0.4, -0.2) is 53.3 Å². The van der Waals surface area contributed by atoms with E-state index in [1.807, 2.05) is 0 Å². The molecule has 1 aliphatic carbocycles. The second-order valence-corrected chi connectivity index (χ2v) is 7.64. The number of allylic oxidation sites excluding steroid dienone is 1. The van der Waals surface area contributed by atoms with Crippen LogP contribution in [0.4, 0.5) is 4.79 Å². The van der Waals surface area contributed by atoms with E-state index in [2.05, 4.69) is 16.8 Å². The van der Waals surface area contributed by atoms with Crippen molar-refractivity contribution in [2.45, 2.75) is 63.8 Å². The molecule has 3 rings (SSSR count). The van der Waals surface area contributed by atoms with Crippen LogP contribution in [0.2, 0.25) is 0 Å². The van der Waals surface area contributed by atoms with E-state index in [-0.39, 0.29) is 18.4 Å². The topological polar surface area (TPSA) is 69.7 Å².